The van der Waals surface area contributed by atoms with Gasteiger partial charge in [-0.15, -0.1) is 0 Å². The Morgan fingerprint density at radius 3 is 2.32 bits per heavy atom. The topological polar surface area (TPSA) is 15.7 Å². The van der Waals surface area contributed by atoms with E-state index >= 15 is 0 Å². The number of rotatable bonds is 3. The van der Waals surface area contributed by atoms with Crippen molar-refractivity contribution in [2.45, 2.75) is 76.2 Å². The molecule has 2 bridgehead atoms. The van der Waals surface area contributed by atoms with E-state index in [2.05, 4.69) is 79.2 Å². The molecule has 3 atom stereocenters. The molecule has 0 spiro atoms. The summed E-state index contributed by atoms with van der Waals surface area (Å²) in [5, 5.41) is 0. The fourth-order valence-electron chi connectivity index (χ4n) is 5.75. The molecule has 2 fully saturated rings. The molecule has 3 heteroatoms. The zero-order valence-electron chi connectivity index (χ0n) is 17.3. The van der Waals surface area contributed by atoms with Gasteiger partial charge in [0.05, 0.1) is 5.69 Å². The third-order valence-corrected chi connectivity index (χ3v) is 7.23. The van der Waals surface area contributed by atoms with Gasteiger partial charge in [0.1, 0.15) is 5.75 Å². The van der Waals surface area contributed by atoms with E-state index < -0.39 is 0 Å². The summed E-state index contributed by atoms with van der Waals surface area (Å²) in [6.45, 7) is 4.57. The Hall–Kier alpha value is -2.00. The lowest BCUT2D eigenvalue weighted by Gasteiger charge is -2.50. The summed E-state index contributed by atoms with van der Waals surface area (Å²) in [7, 11) is 2.34. The summed E-state index contributed by atoms with van der Waals surface area (Å²) in [6.07, 6.45) is 6.54. The van der Waals surface area contributed by atoms with Crippen molar-refractivity contribution in [1.82, 2.24) is 4.90 Å². The Bertz CT molecular complexity index is 834. The van der Waals surface area contributed by atoms with Crippen LogP contribution in [-0.2, 0) is 0 Å². The largest absolute Gasteiger partial charge is 0.464 e. The molecule has 0 amide bonds. The van der Waals surface area contributed by atoms with E-state index in [0.717, 1.165) is 5.75 Å². The highest BCUT2D eigenvalue weighted by molar-refractivity contribution is 5.64. The molecule has 28 heavy (non-hydrogen) atoms. The summed E-state index contributed by atoms with van der Waals surface area (Å²) >= 11 is 0. The lowest BCUT2D eigenvalue weighted by Crippen LogP contribution is -2.55. The SMILES string of the molecule is CC(C)c1ccccc1C1Oc2ccccc2N1C1CC2CCCC(C1)N2C. The average molecular weight is 377 g/mol. The number of piperidine rings is 2. The predicted molar refractivity (Wildman–Crippen MR) is 115 cm³/mol. The van der Waals surface area contributed by atoms with Gasteiger partial charge in [0.2, 0.25) is 0 Å². The lowest BCUT2D eigenvalue weighted by atomic mass is 9.81. The van der Waals surface area contributed by atoms with Crippen LogP contribution in [0.25, 0.3) is 0 Å². The van der Waals surface area contributed by atoms with Crippen molar-refractivity contribution in [3.63, 3.8) is 0 Å². The molecule has 5 rings (SSSR count). The van der Waals surface area contributed by atoms with Crippen LogP contribution in [0.5, 0.6) is 5.75 Å². The molecular formula is C25H32N2O. The maximum atomic E-state index is 6.61. The number of nitrogens with zero attached hydrogens (tertiary/aromatic N) is 2. The molecule has 3 aliphatic heterocycles. The van der Waals surface area contributed by atoms with Gasteiger partial charge < -0.3 is 14.5 Å². The molecule has 0 radical (unpaired) electrons. The van der Waals surface area contributed by atoms with Crippen molar-refractivity contribution in [3.8, 4) is 5.75 Å². The van der Waals surface area contributed by atoms with E-state index in [9.17, 15) is 0 Å². The zero-order valence-corrected chi connectivity index (χ0v) is 17.3. The van der Waals surface area contributed by atoms with Crippen molar-refractivity contribution in [3.05, 3.63) is 59.7 Å². The van der Waals surface area contributed by atoms with E-state index in [4.69, 9.17) is 4.74 Å². The van der Waals surface area contributed by atoms with Crippen LogP contribution in [0.1, 0.15) is 69.2 Å². The van der Waals surface area contributed by atoms with Gasteiger partial charge in [0.15, 0.2) is 6.23 Å². The fraction of sp³-hybridized carbons (Fsp3) is 0.520. The number of anilines is 1. The second-order valence-electron chi connectivity index (χ2n) is 9.16. The molecular weight excluding hydrogens is 344 g/mol. The second kappa shape index (κ2) is 7.11. The van der Waals surface area contributed by atoms with Crippen LogP contribution in [0, 0.1) is 0 Å². The molecule has 148 valence electrons. The smallest absolute Gasteiger partial charge is 0.199 e. The van der Waals surface area contributed by atoms with Gasteiger partial charge in [-0.05, 0) is 56.3 Å². The molecule has 3 nitrogen and oxygen atoms in total. The Morgan fingerprint density at radius 2 is 1.57 bits per heavy atom. The molecule has 0 aromatic heterocycles. The van der Waals surface area contributed by atoms with Gasteiger partial charge in [-0.2, -0.15) is 0 Å². The van der Waals surface area contributed by atoms with Crippen LogP contribution in [0.3, 0.4) is 0 Å². The predicted octanol–water partition coefficient (Wildman–Crippen LogP) is 5.72. The van der Waals surface area contributed by atoms with Crippen molar-refractivity contribution < 1.29 is 4.74 Å². The second-order valence-corrected chi connectivity index (χ2v) is 9.16. The number of hydrogen-bond donors (Lipinski definition) is 0. The summed E-state index contributed by atoms with van der Waals surface area (Å²) in [5.74, 6) is 1.53. The minimum atomic E-state index is -0.00914. The van der Waals surface area contributed by atoms with Crippen molar-refractivity contribution in [2.75, 3.05) is 11.9 Å². The van der Waals surface area contributed by atoms with Gasteiger partial charge in [0.25, 0.3) is 0 Å². The third-order valence-electron chi connectivity index (χ3n) is 7.23. The lowest BCUT2D eigenvalue weighted by molar-refractivity contribution is 0.0481. The quantitative estimate of drug-likeness (QED) is 0.681. The maximum Gasteiger partial charge on any atom is 0.199 e. The van der Waals surface area contributed by atoms with Crippen LogP contribution in [0.2, 0.25) is 0 Å². The summed E-state index contributed by atoms with van der Waals surface area (Å²) in [6, 6.07) is 19.5. The van der Waals surface area contributed by atoms with E-state index in [1.54, 1.807) is 0 Å². The van der Waals surface area contributed by atoms with E-state index in [1.807, 2.05) is 0 Å². The Labute approximate surface area is 169 Å². The molecule has 3 unspecified atom stereocenters. The van der Waals surface area contributed by atoms with Crippen molar-refractivity contribution >= 4 is 5.69 Å². The van der Waals surface area contributed by atoms with Crippen LogP contribution in [0.15, 0.2) is 48.5 Å². The average Bonchev–Trinajstić information content (AvgIpc) is 3.07. The van der Waals surface area contributed by atoms with Crippen LogP contribution in [0.4, 0.5) is 5.69 Å². The number of hydrogen-bond acceptors (Lipinski definition) is 3. The van der Waals surface area contributed by atoms with Crippen LogP contribution in [-0.4, -0.2) is 30.1 Å². The standard InChI is InChI=1S/C25H32N2O/c1-17(2)21-11-4-5-12-22(21)25-27(23-13-6-7-14-24(23)28-25)20-15-18-9-8-10-19(16-20)26(18)3/h4-7,11-14,17-20,25H,8-10,15-16H2,1-3H3. The fourth-order valence-corrected chi connectivity index (χ4v) is 5.75. The highest BCUT2D eigenvalue weighted by Crippen LogP contribution is 2.49. The van der Waals surface area contributed by atoms with E-state index in [0.29, 0.717) is 24.0 Å². The Balaban J connectivity index is 1.55. The van der Waals surface area contributed by atoms with Crippen molar-refractivity contribution in [2.24, 2.45) is 0 Å². The molecule has 0 N–H and O–H groups in total. The first-order chi connectivity index (χ1) is 13.6. The van der Waals surface area contributed by atoms with Crippen LogP contribution < -0.4 is 9.64 Å². The first-order valence-electron chi connectivity index (χ1n) is 11.0. The van der Waals surface area contributed by atoms with Gasteiger partial charge >= 0.3 is 0 Å². The van der Waals surface area contributed by atoms with Gasteiger partial charge in [0, 0.05) is 23.7 Å². The monoisotopic (exact) mass is 376 g/mol. The summed E-state index contributed by atoms with van der Waals surface area (Å²) in [4.78, 5) is 5.27. The molecule has 2 saturated heterocycles. The summed E-state index contributed by atoms with van der Waals surface area (Å²) < 4.78 is 6.61. The highest BCUT2D eigenvalue weighted by atomic mass is 16.5. The van der Waals surface area contributed by atoms with Crippen LogP contribution >= 0.6 is 0 Å². The Morgan fingerprint density at radius 1 is 0.893 bits per heavy atom. The van der Waals surface area contributed by atoms with Gasteiger partial charge in [-0.3, -0.25) is 0 Å². The molecule has 2 aromatic carbocycles. The normalized spacial score (nSPS) is 29.6. The minimum Gasteiger partial charge on any atom is -0.464 e. The number of ether oxygens (including phenoxy) is 1. The molecule has 0 aliphatic carbocycles. The third kappa shape index (κ3) is 2.91. The minimum absolute atomic E-state index is 0.00914. The molecule has 3 aliphatic rings. The van der Waals surface area contributed by atoms with Crippen molar-refractivity contribution in [1.29, 1.82) is 0 Å². The van der Waals surface area contributed by atoms with Gasteiger partial charge in [-0.25, -0.2) is 0 Å². The van der Waals surface area contributed by atoms with E-state index in [1.165, 1.54) is 48.9 Å². The summed E-state index contributed by atoms with van der Waals surface area (Å²) in [5.41, 5.74) is 4.01. The molecule has 2 aromatic rings. The highest BCUT2D eigenvalue weighted by Gasteiger charge is 2.44. The van der Waals surface area contributed by atoms with E-state index in [-0.39, 0.29) is 6.23 Å². The molecule has 0 saturated carbocycles. The number of benzene rings is 2. The maximum absolute atomic E-state index is 6.61. The van der Waals surface area contributed by atoms with Gasteiger partial charge in [-0.1, -0.05) is 56.7 Å². The first kappa shape index (κ1) is 18.1. The Kier molecular flexibility index (Phi) is 4.59. The zero-order chi connectivity index (χ0) is 19.3. The molecule has 3 heterocycles. The number of para-hydroxylation sites is 2. The number of fused-ring (bicyclic) bond motifs is 3. The first-order valence-corrected chi connectivity index (χ1v) is 11.0.